The lowest BCUT2D eigenvalue weighted by atomic mass is 10.1. The van der Waals surface area contributed by atoms with Crippen LogP contribution in [-0.2, 0) is 16.0 Å². The first-order chi connectivity index (χ1) is 10.7. The molecule has 2 aromatic rings. The Morgan fingerprint density at radius 2 is 2.09 bits per heavy atom. The van der Waals surface area contributed by atoms with Crippen LogP contribution in [0, 0.1) is 0 Å². The Labute approximate surface area is 133 Å². The number of rotatable bonds is 7. The number of ether oxygens (including phenoxy) is 1. The lowest BCUT2D eigenvalue weighted by molar-refractivity contribution is -0.142. The summed E-state index contributed by atoms with van der Waals surface area (Å²) in [6.07, 6.45) is 0.904. The number of H-pyrrole nitrogens is 1. The third-order valence-corrected chi connectivity index (χ3v) is 3.73. The highest BCUT2D eigenvalue weighted by atomic mass is 32.2. The highest BCUT2D eigenvalue weighted by Crippen LogP contribution is 2.14. The molecule has 22 heavy (non-hydrogen) atoms. The van der Waals surface area contributed by atoms with Crippen molar-refractivity contribution in [2.24, 2.45) is 0 Å². The van der Waals surface area contributed by atoms with Crippen molar-refractivity contribution in [2.75, 3.05) is 12.4 Å². The minimum atomic E-state index is -0.238. The van der Waals surface area contributed by atoms with E-state index in [1.165, 1.54) is 17.8 Å². The van der Waals surface area contributed by atoms with Gasteiger partial charge in [0.05, 0.1) is 18.7 Å². The SMILES string of the molecule is CCOC(=O)CCSc1nc(Cc2ccccc2)cc(=O)[nH]1. The van der Waals surface area contributed by atoms with E-state index in [2.05, 4.69) is 9.97 Å². The van der Waals surface area contributed by atoms with Crippen molar-refractivity contribution in [3.63, 3.8) is 0 Å². The van der Waals surface area contributed by atoms with Gasteiger partial charge in [0, 0.05) is 18.2 Å². The van der Waals surface area contributed by atoms with Crippen LogP contribution in [0.2, 0.25) is 0 Å². The molecular weight excluding hydrogens is 300 g/mol. The summed E-state index contributed by atoms with van der Waals surface area (Å²) in [4.78, 5) is 30.1. The van der Waals surface area contributed by atoms with E-state index in [0.717, 1.165) is 5.56 Å². The van der Waals surface area contributed by atoms with Crippen LogP contribution in [0.1, 0.15) is 24.6 Å². The van der Waals surface area contributed by atoms with E-state index >= 15 is 0 Å². The monoisotopic (exact) mass is 318 g/mol. The zero-order valence-corrected chi connectivity index (χ0v) is 13.2. The molecule has 1 N–H and O–H groups in total. The Morgan fingerprint density at radius 1 is 1.32 bits per heavy atom. The molecule has 6 heteroatoms. The van der Waals surface area contributed by atoms with Crippen LogP contribution in [-0.4, -0.2) is 28.3 Å². The maximum absolute atomic E-state index is 11.7. The number of benzene rings is 1. The average molecular weight is 318 g/mol. The molecule has 0 spiro atoms. The van der Waals surface area contributed by atoms with Crippen molar-refractivity contribution in [3.8, 4) is 0 Å². The molecule has 0 radical (unpaired) electrons. The molecule has 0 bridgehead atoms. The van der Waals surface area contributed by atoms with Crippen LogP contribution < -0.4 is 5.56 Å². The van der Waals surface area contributed by atoms with Gasteiger partial charge in [0.15, 0.2) is 5.16 Å². The molecule has 0 saturated heterocycles. The Kier molecular flexibility index (Phi) is 6.21. The molecule has 1 heterocycles. The van der Waals surface area contributed by atoms with Gasteiger partial charge in [-0.1, -0.05) is 42.1 Å². The Hall–Kier alpha value is -2.08. The highest BCUT2D eigenvalue weighted by molar-refractivity contribution is 7.99. The second kappa shape index (κ2) is 8.38. The topological polar surface area (TPSA) is 72.0 Å². The molecular formula is C16H18N2O3S. The van der Waals surface area contributed by atoms with E-state index in [1.54, 1.807) is 6.92 Å². The summed E-state index contributed by atoms with van der Waals surface area (Å²) < 4.78 is 4.86. The summed E-state index contributed by atoms with van der Waals surface area (Å²) >= 11 is 1.35. The van der Waals surface area contributed by atoms with Gasteiger partial charge in [0.1, 0.15) is 0 Å². The molecule has 2 rings (SSSR count). The van der Waals surface area contributed by atoms with E-state index in [0.29, 0.717) is 36.1 Å². The summed E-state index contributed by atoms with van der Waals surface area (Å²) in [6.45, 7) is 2.16. The fourth-order valence-corrected chi connectivity index (χ4v) is 2.73. The average Bonchev–Trinajstić information content (AvgIpc) is 2.48. The van der Waals surface area contributed by atoms with Gasteiger partial charge < -0.3 is 9.72 Å². The minimum absolute atomic E-state index is 0.181. The summed E-state index contributed by atoms with van der Waals surface area (Å²) in [6, 6.07) is 11.4. The molecule has 116 valence electrons. The van der Waals surface area contributed by atoms with E-state index in [-0.39, 0.29) is 11.5 Å². The van der Waals surface area contributed by atoms with Crippen LogP contribution >= 0.6 is 11.8 Å². The second-order valence-corrected chi connectivity index (χ2v) is 5.69. The number of aromatic amines is 1. The van der Waals surface area contributed by atoms with Crippen LogP contribution in [0.15, 0.2) is 46.3 Å². The largest absolute Gasteiger partial charge is 0.466 e. The zero-order valence-electron chi connectivity index (χ0n) is 12.4. The predicted molar refractivity (Wildman–Crippen MR) is 86.1 cm³/mol. The molecule has 0 aliphatic carbocycles. The Bertz CT molecular complexity index is 671. The summed E-state index contributed by atoms with van der Waals surface area (Å²) in [5.74, 6) is 0.286. The molecule has 0 aliphatic heterocycles. The normalized spacial score (nSPS) is 10.4. The molecule has 0 aliphatic rings. The molecule has 1 aromatic carbocycles. The van der Waals surface area contributed by atoms with Crippen molar-refractivity contribution >= 4 is 17.7 Å². The van der Waals surface area contributed by atoms with E-state index in [9.17, 15) is 9.59 Å². The number of thioether (sulfide) groups is 1. The van der Waals surface area contributed by atoms with Gasteiger partial charge in [0.25, 0.3) is 5.56 Å². The molecule has 5 nitrogen and oxygen atoms in total. The lowest BCUT2D eigenvalue weighted by Gasteiger charge is -2.04. The van der Waals surface area contributed by atoms with Crippen molar-refractivity contribution < 1.29 is 9.53 Å². The second-order valence-electron chi connectivity index (χ2n) is 4.61. The third-order valence-electron chi connectivity index (χ3n) is 2.85. The van der Waals surface area contributed by atoms with Gasteiger partial charge in [-0.15, -0.1) is 0 Å². The number of hydrogen-bond donors (Lipinski definition) is 1. The van der Waals surface area contributed by atoms with E-state index in [1.807, 2.05) is 30.3 Å². The van der Waals surface area contributed by atoms with Crippen molar-refractivity contribution in [1.82, 2.24) is 9.97 Å². The smallest absolute Gasteiger partial charge is 0.306 e. The van der Waals surface area contributed by atoms with Crippen LogP contribution in [0.25, 0.3) is 0 Å². The number of carbonyl (C=O) groups is 1. The van der Waals surface area contributed by atoms with E-state index < -0.39 is 0 Å². The molecule has 0 unspecified atom stereocenters. The van der Waals surface area contributed by atoms with Crippen molar-refractivity contribution in [3.05, 3.63) is 58.0 Å². The first-order valence-electron chi connectivity index (χ1n) is 7.10. The van der Waals surface area contributed by atoms with Gasteiger partial charge in [0.2, 0.25) is 0 Å². The summed E-state index contributed by atoms with van der Waals surface area (Å²) in [5, 5.41) is 0.530. The van der Waals surface area contributed by atoms with Gasteiger partial charge in [-0.25, -0.2) is 4.98 Å². The van der Waals surface area contributed by atoms with Crippen molar-refractivity contribution in [2.45, 2.75) is 24.9 Å². The molecule has 0 amide bonds. The fourth-order valence-electron chi connectivity index (χ4n) is 1.91. The molecule has 0 fully saturated rings. The lowest BCUT2D eigenvalue weighted by Crippen LogP contribution is -2.11. The Morgan fingerprint density at radius 3 is 2.82 bits per heavy atom. The zero-order chi connectivity index (χ0) is 15.8. The Balaban J connectivity index is 1.98. The number of nitrogens with one attached hydrogen (secondary N) is 1. The third kappa shape index (κ3) is 5.37. The van der Waals surface area contributed by atoms with Crippen LogP contribution in [0.5, 0.6) is 0 Å². The highest BCUT2D eigenvalue weighted by Gasteiger charge is 2.06. The summed E-state index contributed by atoms with van der Waals surface area (Å²) in [7, 11) is 0. The van der Waals surface area contributed by atoms with Gasteiger partial charge >= 0.3 is 5.97 Å². The fraction of sp³-hybridized carbons (Fsp3) is 0.312. The summed E-state index contributed by atoms with van der Waals surface area (Å²) in [5.41, 5.74) is 1.64. The number of carbonyl (C=O) groups excluding carboxylic acids is 1. The van der Waals surface area contributed by atoms with Gasteiger partial charge in [-0.2, -0.15) is 0 Å². The quantitative estimate of drug-likeness (QED) is 0.482. The van der Waals surface area contributed by atoms with Crippen LogP contribution in [0.3, 0.4) is 0 Å². The number of nitrogens with zero attached hydrogens (tertiary/aromatic N) is 1. The molecule has 1 aromatic heterocycles. The van der Waals surface area contributed by atoms with Gasteiger partial charge in [-0.3, -0.25) is 9.59 Å². The molecule has 0 atom stereocenters. The maximum atomic E-state index is 11.7. The van der Waals surface area contributed by atoms with Gasteiger partial charge in [-0.05, 0) is 12.5 Å². The van der Waals surface area contributed by atoms with Crippen LogP contribution in [0.4, 0.5) is 0 Å². The van der Waals surface area contributed by atoms with E-state index in [4.69, 9.17) is 4.74 Å². The number of hydrogen-bond acceptors (Lipinski definition) is 5. The number of aromatic nitrogens is 2. The first-order valence-corrected chi connectivity index (χ1v) is 8.08. The minimum Gasteiger partial charge on any atom is -0.466 e. The first kappa shape index (κ1) is 16.3. The maximum Gasteiger partial charge on any atom is 0.306 e. The molecule has 0 saturated carbocycles. The predicted octanol–water partition coefficient (Wildman–Crippen LogP) is 2.41. The standard InChI is InChI=1S/C16H18N2O3S/c1-2-21-15(20)8-9-22-16-17-13(11-14(19)18-16)10-12-6-4-3-5-7-12/h3-7,11H,2,8-10H2,1H3,(H,17,18,19). The number of esters is 1. The van der Waals surface area contributed by atoms with Crippen molar-refractivity contribution in [1.29, 1.82) is 0 Å².